The van der Waals surface area contributed by atoms with Gasteiger partial charge in [-0.15, -0.1) is 0 Å². The first kappa shape index (κ1) is 23.0. The second-order valence-corrected chi connectivity index (χ2v) is 9.20. The first-order valence-electron chi connectivity index (χ1n) is 12.0. The second-order valence-electron chi connectivity index (χ2n) is 9.20. The third-order valence-electron chi connectivity index (χ3n) is 6.84. The number of amides is 1. The predicted molar refractivity (Wildman–Crippen MR) is 131 cm³/mol. The molecule has 8 nitrogen and oxygen atoms in total. The first-order chi connectivity index (χ1) is 16.8. The Kier molecular flexibility index (Phi) is 5.96. The second kappa shape index (κ2) is 9.09. The minimum Gasteiger partial charge on any atom is -0.451 e. The van der Waals surface area contributed by atoms with Crippen LogP contribution in [-0.4, -0.2) is 39.9 Å². The smallest absolute Gasteiger partial charge is 0.338 e. The molecule has 0 saturated heterocycles. The standard InChI is InChI=1S/C27H27N3O5/c1-16(25(32)19-8-10-23-18(14-19)11-13-29(23)17(2)31)35-27(34)20-7-9-21-22(15-20)28-24-6-4-3-5-12-30(24)26(21)33/h7-10,14-16H,3-6,11-13H2,1-2H3. The molecule has 1 aromatic heterocycles. The van der Waals surface area contributed by atoms with E-state index in [1.807, 2.05) is 0 Å². The van der Waals surface area contributed by atoms with E-state index in [9.17, 15) is 19.2 Å². The monoisotopic (exact) mass is 473 g/mol. The largest absolute Gasteiger partial charge is 0.451 e. The van der Waals surface area contributed by atoms with Crippen LogP contribution in [0.5, 0.6) is 0 Å². The molecular weight excluding hydrogens is 446 g/mol. The van der Waals surface area contributed by atoms with Crippen molar-refractivity contribution in [2.45, 2.75) is 58.6 Å². The van der Waals surface area contributed by atoms with E-state index in [1.54, 1.807) is 52.8 Å². The van der Waals surface area contributed by atoms with Gasteiger partial charge in [0.1, 0.15) is 5.82 Å². The Morgan fingerprint density at radius 1 is 0.971 bits per heavy atom. The molecule has 8 heteroatoms. The number of aryl methyl sites for hydroxylation is 1. The molecule has 180 valence electrons. The number of esters is 1. The van der Waals surface area contributed by atoms with Crippen LogP contribution in [0.15, 0.2) is 41.2 Å². The van der Waals surface area contributed by atoms with Crippen LogP contribution in [0.25, 0.3) is 10.9 Å². The highest BCUT2D eigenvalue weighted by molar-refractivity contribution is 6.03. The van der Waals surface area contributed by atoms with Crippen molar-refractivity contribution in [3.05, 3.63) is 69.3 Å². The fourth-order valence-electron chi connectivity index (χ4n) is 4.94. The fraction of sp³-hybridized carbons (Fsp3) is 0.370. The lowest BCUT2D eigenvalue weighted by Gasteiger charge is -2.16. The summed E-state index contributed by atoms with van der Waals surface area (Å²) in [4.78, 5) is 56.8. The Labute approximate surface area is 202 Å². The number of aromatic nitrogens is 2. The van der Waals surface area contributed by atoms with Crippen LogP contribution in [0.2, 0.25) is 0 Å². The van der Waals surface area contributed by atoms with Gasteiger partial charge in [0.25, 0.3) is 5.56 Å². The van der Waals surface area contributed by atoms with Crippen LogP contribution in [0.4, 0.5) is 5.69 Å². The number of ether oxygens (including phenoxy) is 1. The van der Waals surface area contributed by atoms with Crippen molar-refractivity contribution >= 4 is 34.3 Å². The maximum absolute atomic E-state index is 13.0. The van der Waals surface area contributed by atoms with Crippen LogP contribution in [0.1, 0.15) is 65.2 Å². The van der Waals surface area contributed by atoms with E-state index in [4.69, 9.17) is 4.74 Å². The third kappa shape index (κ3) is 4.24. The van der Waals surface area contributed by atoms with E-state index in [2.05, 4.69) is 4.98 Å². The number of Topliss-reactive ketones (excluding diaryl/α,β-unsaturated/α-hetero) is 1. The zero-order chi connectivity index (χ0) is 24.7. The first-order valence-corrected chi connectivity index (χ1v) is 12.0. The number of rotatable bonds is 4. The topological polar surface area (TPSA) is 98.6 Å². The van der Waals surface area contributed by atoms with Crippen molar-refractivity contribution in [1.29, 1.82) is 0 Å². The molecule has 2 aliphatic heterocycles. The fourth-order valence-corrected chi connectivity index (χ4v) is 4.94. The summed E-state index contributed by atoms with van der Waals surface area (Å²) < 4.78 is 7.22. The van der Waals surface area contributed by atoms with Crippen molar-refractivity contribution in [2.75, 3.05) is 11.4 Å². The number of carbonyl (C=O) groups is 3. The molecule has 5 rings (SSSR count). The van der Waals surface area contributed by atoms with E-state index >= 15 is 0 Å². The van der Waals surface area contributed by atoms with Gasteiger partial charge in [-0.05, 0) is 68.1 Å². The van der Waals surface area contributed by atoms with Gasteiger partial charge in [-0.25, -0.2) is 9.78 Å². The maximum atomic E-state index is 13.0. The summed E-state index contributed by atoms with van der Waals surface area (Å²) in [6.07, 6.45) is 3.41. The van der Waals surface area contributed by atoms with Crippen LogP contribution < -0.4 is 10.5 Å². The lowest BCUT2D eigenvalue weighted by molar-refractivity contribution is -0.116. The van der Waals surface area contributed by atoms with Gasteiger partial charge in [-0.3, -0.25) is 19.0 Å². The number of hydrogen-bond donors (Lipinski definition) is 0. The predicted octanol–water partition coefficient (Wildman–Crippen LogP) is 3.46. The lowest BCUT2D eigenvalue weighted by atomic mass is 10.0. The van der Waals surface area contributed by atoms with Gasteiger partial charge in [-0.2, -0.15) is 0 Å². The highest BCUT2D eigenvalue weighted by Gasteiger charge is 2.26. The Bertz CT molecular complexity index is 1420. The molecule has 2 aromatic carbocycles. The number of nitrogens with zero attached hydrogens (tertiary/aromatic N) is 3. The molecule has 2 aliphatic rings. The molecule has 3 heterocycles. The van der Waals surface area contributed by atoms with Crippen molar-refractivity contribution in [3.8, 4) is 0 Å². The molecule has 0 radical (unpaired) electrons. The minimum atomic E-state index is -0.993. The summed E-state index contributed by atoms with van der Waals surface area (Å²) in [5, 5.41) is 0.467. The Morgan fingerprint density at radius 3 is 2.57 bits per heavy atom. The summed E-state index contributed by atoms with van der Waals surface area (Å²) in [5.41, 5.74) is 2.80. The third-order valence-corrected chi connectivity index (χ3v) is 6.84. The van der Waals surface area contributed by atoms with E-state index in [-0.39, 0.29) is 22.8 Å². The van der Waals surface area contributed by atoms with Crippen molar-refractivity contribution in [2.24, 2.45) is 0 Å². The molecule has 35 heavy (non-hydrogen) atoms. The molecule has 1 atom stereocenters. The highest BCUT2D eigenvalue weighted by Crippen LogP contribution is 2.29. The summed E-state index contributed by atoms with van der Waals surface area (Å²) in [5.74, 6) is -0.249. The summed E-state index contributed by atoms with van der Waals surface area (Å²) >= 11 is 0. The Hall–Kier alpha value is -3.81. The van der Waals surface area contributed by atoms with E-state index in [0.29, 0.717) is 36.0 Å². The van der Waals surface area contributed by atoms with Gasteiger partial charge in [0.15, 0.2) is 6.10 Å². The normalized spacial score (nSPS) is 15.8. The van der Waals surface area contributed by atoms with Gasteiger partial charge < -0.3 is 9.64 Å². The maximum Gasteiger partial charge on any atom is 0.338 e. The van der Waals surface area contributed by atoms with Crippen LogP contribution in [-0.2, 0) is 28.9 Å². The Balaban J connectivity index is 1.34. The number of carbonyl (C=O) groups excluding carboxylic acids is 3. The zero-order valence-corrected chi connectivity index (χ0v) is 19.9. The van der Waals surface area contributed by atoms with Crippen molar-refractivity contribution in [3.63, 3.8) is 0 Å². The molecule has 1 amide bonds. The molecule has 0 N–H and O–H groups in total. The van der Waals surface area contributed by atoms with Crippen molar-refractivity contribution < 1.29 is 19.1 Å². The van der Waals surface area contributed by atoms with Crippen molar-refractivity contribution in [1.82, 2.24) is 9.55 Å². The SMILES string of the molecule is CC(=O)N1CCc2cc(C(=O)C(C)OC(=O)c3ccc4c(=O)n5c(nc4c3)CCCCC5)ccc21. The van der Waals surface area contributed by atoms with Crippen LogP contribution >= 0.6 is 0 Å². The minimum absolute atomic E-state index is 0.0336. The number of hydrogen-bond acceptors (Lipinski definition) is 6. The molecule has 0 bridgehead atoms. The molecule has 1 unspecified atom stereocenters. The van der Waals surface area contributed by atoms with Gasteiger partial charge in [0, 0.05) is 37.7 Å². The zero-order valence-electron chi connectivity index (χ0n) is 19.9. The summed E-state index contributed by atoms with van der Waals surface area (Å²) in [6.45, 7) is 4.32. The molecule has 0 aliphatic carbocycles. The lowest BCUT2D eigenvalue weighted by Crippen LogP contribution is -2.26. The van der Waals surface area contributed by atoms with Crippen LogP contribution in [0, 0.1) is 0 Å². The van der Waals surface area contributed by atoms with E-state index < -0.39 is 12.1 Å². The number of anilines is 1. The van der Waals surface area contributed by atoms with Gasteiger partial charge >= 0.3 is 5.97 Å². The van der Waals surface area contributed by atoms with Gasteiger partial charge in [0.2, 0.25) is 11.7 Å². The molecular formula is C27H27N3O5. The van der Waals surface area contributed by atoms with Crippen LogP contribution in [0.3, 0.4) is 0 Å². The average molecular weight is 474 g/mol. The number of ketones is 1. The number of fused-ring (bicyclic) bond motifs is 3. The highest BCUT2D eigenvalue weighted by atomic mass is 16.5. The quantitative estimate of drug-likeness (QED) is 0.425. The van der Waals surface area contributed by atoms with E-state index in [1.165, 1.54) is 6.92 Å². The molecule has 0 fully saturated rings. The molecule has 3 aromatic rings. The Morgan fingerprint density at radius 2 is 1.77 bits per heavy atom. The summed E-state index contributed by atoms with van der Waals surface area (Å²) in [7, 11) is 0. The van der Waals surface area contributed by atoms with Gasteiger partial charge in [-0.1, -0.05) is 6.42 Å². The average Bonchev–Trinajstić information content (AvgIpc) is 3.13. The van der Waals surface area contributed by atoms with Gasteiger partial charge in [0.05, 0.1) is 16.5 Å². The molecule has 0 saturated carbocycles. The van der Waals surface area contributed by atoms with E-state index in [0.717, 1.165) is 42.8 Å². The summed E-state index contributed by atoms with van der Waals surface area (Å²) in [6, 6.07) is 9.90. The number of benzene rings is 2. The molecule has 0 spiro atoms.